The summed E-state index contributed by atoms with van der Waals surface area (Å²) in [4.78, 5) is 37.5. The zero-order chi connectivity index (χ0) is 19.5. The summed E-state index contributed by atoms with van der Waals surface area (Å²) in [7, 11) is 0. The number of pyridine rings is 1. The van der Waals surface area contributed by atoms with Crippen molar-refractivity contribution in [2.75, 3.05) is 39.4 Å². The van der Waals surface area contributed by atoms with Gasteiger partial charge in [-0.05, 0) is 31.9 Å². The van der Waals surface area contributed by atoms with Gasteiger partial charge >= 0.3 is 0 Å². The maximum atomic E-state index is 12.7. The van der Waals surface area contributed by atoms with E-state index in [9.17, 15) is 9.59 Å². The standard InChI is InChI=1S/C20H24N4O4/c1-14-17(20(26)24-10-12-27-13-11-24)22-18(28-14)15-5-8-23(9-6-15)19(25)16-4-2-3-7-21-16/h2-4,7,15H,5-6,8-13H2,1H3. The van der Waals surface area contributed by atoms with Gasteiger partial charge in [0.1, 0.15) is 11.5 Å². The van der Waals surface area contributed by atoms with Crippen molar-refractivity contribution in [3.05, 3.63) is 47.4 Å². The smallest absolute Gasteiger partial charge is 0.276 e. The number of carbonyl (C=O) groups is 2. The molecule has 148 valence electrons. The average Bonchev–Trinajstić information content (AvgIpc) is 3.15. The second-order valence-corrected chi connectivity index (χ2v) is 7.14. The number of nitrogens with zero attached hydrogens (tertiary/aromatic N) is 4. The van der Waals surface area contributed by atoms with E-state index < -0.39 is 0 Å². The molecule has 2 aromatic rings. The summed E-state index contributed by atoms with van der Waals surface area (Å²) >= 11 is 0. The maximum absolute atomic E-state index is 12.7. The van der Waals surface area contributed by atoms with Crippen molar-refractivity contribution in [1.82, 2.24) is 19.8 Å². The van der Waals surface area contributed by atoms with Crippen LogP contribution in [0, 0.1) is 6.92 Å². The number of aromatic nitrogens is 2. The van der Waals surface area contributed by atoms with Crippen molar-refractivity contribution in [1.29, 1.82) is 0 Å². The third-order valence-corrected chi connectivity index (χ3v) is 5.33. The van der Waals surface area contributed by atoms with Crippen molar-refractivity contribution in [3.63, 3.8) is 0 Å². The first kappa shape index (κ1) is 18.6. The zero-order valence-electron chi connectivity index (χ0n) is 16.0. The highest BCUT2D eigenvalue weighted by Gasteiger charge is 2.30. The Balaban J connectivity index is 1.40. The molecule has 2 amide bonds. The Morgan fingerprint density at radius 2 is 1.75 bits per heavy atom. The van der Waals surface area contributed by atoms with Gasteiger partial charge in [0.25, 0.3) is 11.8 Å². The molecule has 28 heavy (non-hydrogen) atoms. The van der Waals surface area contributed by atoms with Crippen LogP contribution >= 0.6 is 0 Å². The van der Waals surface area contributed by atoms with Gasteiger partial charge in [-0.3, -0.25) is 14.6 Å². The van der Waals surface area contributed by atoms with Gasteiger partial charge in [0.15, 0.2) is 11.6 Å². The number of hydrogen-bond acceptors (Lipinski definition) is 6. The molecule has 0 radical (unpaired) electrons. The van der Waals surface area contributed by atoms with Gasteiger partial charge in [-0.1, -0.05) is 6.07 Å². The summed E-state index contributed by atoms with van der Waals surface area (Å²) in [5, 5.41) is 0. The lowest BCUT2D eigenvalue weighted by atomic mass is 9.96. The highest BCUT2D eigenvalue weighted by molar-refractivity contribution is 5.93. The Bertz CT molecular complexity index is 837. The number of amides is 2. The number of rotatable bonds is 3. The van der Waals surface area contributed by atoms with Crippen LogP contribution in [0.1, 0.15) is 51.4 Å². The van der Waals surface area contributed by atoms with Crippen LogP contribution in [-0.4, -0.2) is 71.0 Å². The van der Waals surface area contributed by atoms with Gasteiger partial charge in [-0.25, -0.2) is 4.98 Å². The first-order chi connectivity index (χ1) is 13.6. The second-order valence-electron chi connectivity index (χ2n) is 7.14. The van der Waals surface area contributed by atoms with E-state index in [2.05, 4.69) is 9.97 Å². The van der Waals surface area contributed by atoms with E-state index in [-0.39, 0.29) is 17.7 Å². The molecule has 2 fully saturated rings. The molecule has 4 rings (SSSR count). The second kappa shape index (κ2) is 8.10. The number of oxazole rings is 1. The fourth-order valence-corrected chi connectivity index (χ4v) is 3.69. The minimum Gasteiger partial charge on any atom is -0.445 e. The third kappa shape index (κ3) is 3.77. The number of piperidine rings is 1. The quantitative estimate of drug-likeness (QED) is 0.803. The Labute approximate surface area is 163 Å². The van der Waals surface area contributed by atoms with Gasteiger partial charge < -0.3 is 19.0 Å². The third-order valence-electron chi connectivity index (χ3n) is 5.33. The molecule has 4 heterocycles. The number of hydrogen-bond donors (Lipinski definition) is 0. The van der Waals surface area contributed by atoms with Crippen LogP contribution in [0.4, 0.5) is 0 Å². The summed E-state index contributed by atoms with van der Waals surface area (Å²) in [6.07, 6.45) is 3.13. The van der Waals surface area contributed by atoms with Crippen LogP contribution in [0.25, 0.3) is 0 Å². The van der Waals surface area contributed by atoms with Gasteiger partial charge in [-0.15, -0.1) is 0 Å². The van der Waals surface area contributed by atoms with E-state index in [4.69, 9.17) is 9.15 Å². The fourth-order valence-electron chi connectivity index (χ4n) is 3.69. The molecule has 0 aromatic carbocycles. The van der Waals surface area contributed by atoms with E-state index in [1.165, 1.54) is 0 Å². The maximum Gasteiger partial charge on any atom is 0.276 e. The summed E-state index contributed by atoms with van der Waals surface area (Å²) in [6.45, 7) is 5.28. The molecule has 2 saturated heterocycles. The predicted octanol–water partition coefficient (Wildman–Crippen LogP) is 1.87. The van der Waals surface area contributed by atoms with Crippen LogP contribution in [0.5, 0.6) is 0 Å². The minimum atomic E-state index is -0.0986. The minimum absolute atomic E-state index is 0.0502. The molecule has 0 aliphatic carbocycles. The molecule has 0 unspecified atom stereocenters. The van der Waals surface area contributed by atoms with Crippen LogP contribution in [0.2, 0.25) is 0 Å². The van der Waals surface area contributed by atoms with Gasteiger partial charge in [0.2, 0.25) is 0 Å². The van der Waals surface area contributed by atoms with E-state index in [1.807, 2.05) is 11.0 Å². The topological polar surface area (TPSA) is 88.8 Å². The van der Waals surface area contributed by atoms with Crippen LogP contribution < -0.4 is 0 Å². The molecule has 0 spiro atoms. The number of carbonyl (C=O) groups excluding carboxylic acids is 2. The fraction of sp³-hybridized carbons (Fsp3) is 0.500. The summed E-state index contributed by atoms with van der Waals surface area (Å²) in [5.41, 5.74) is 0.857. The van der Waals surface area contributed by atoms with Crippen molar-refractivity contribution >= 4 is 11.8 Å². The summed E-state index contributed by atoms with van der Waals surface area (Å²) < 4.78 is 11.1. The SMILES string of the molecule is Cc1oc(C2CCN(C(=O)c3ccccn3)CC2)nc1C(=O)N1CCOCC1. The van der Waals surface area contributed by atoms with Crippen molar-refractivity contribution in [2.45, 2.75) is 25.7 Å². The van der Waals surface area contributed by atoms with Gasteiger partial charge in [-0.2, -0.15) is 0 Å². The van der Waals surface area contributed by atoms with E-state index in [1.54, 1.807) is 30.2 Å². The number of ether oxygens (including phenoxy) is 1. The molecule has 0 bridgehead atoms. The van der Waals surface area contributed by atoms with E-state index >= 15 is 0 Å². The Morgan fingerprint density at radius 1 is 1.04 bits per heavy atom. The first-order valence-corrected chi connectivity index (χ1v) is 9.68. The number of morpholine rings is 1. The highest BCUT2D eigenvalue weighted by Crippen LogP contribution is 2.29. The predicted molar refractivity (Wildman–Crippen MR) is 100 cm³/mol. The lowest BCUT2D eigenvalue weighted by Gasteiger charge is -2.30. The molecule has 2 aromatic heterocycles. The van der Waals surface area contributed by atoms with Crippen molar-refractivity contribution in [3.8, 4) is 0 Å². The van der Waals surface area contributed by atoms with Gasteiger partial charge in [0.05, 0.1) is 13.2 Å². The monoisotopic (exact) mass is 384 g/mol. The molecular weight excluding hydrogens is 360 g/mol. The molecule has 0 N–H and O–H groups in total. The normalized spacial score (nSPS) is 18.3. The summed E-state index contributed by atoms with van der Waals surface area (Å²) in [6, 6.07) is 5.34. The Hall–Kier alpha value is -2.74. The molecule has 2 aliphatic rings. The van der Waals surface area contributed by atoms with E-state index in [0.29, 0.717) is 62.4 Å². The van der Waals surface area contributed by atoms with Crippen LogP contribution in [0.3, 0.4) is 0 Å². The first-order valence-electron chi connectivity index (χ1n) is 9.68. The van der Waals surface area contributed by atoms with Crippen molar-refractivity contribution < 1.29 is 18.7 Å². The number of aryl methyl sites for hydroxylation is 1. The zero-order valence-corrected chi connectivity index (χ0v) is 16.0. The van der Waals surface area contributed by atoms with Crippen molar-refractivity contribution in [2.24, 2.45) is 0 Å². The average molecular weight is 384 g/mol. The largest absolute Gasteiger partial charge is 0.445 e. The lowest BCUT2D eigenvalue weighted by molar-refractivity contribution is 0.0298. The van der Waals surface area contributed by atoms with E-state index in [0.717, 1.165) is 12.8 Å². The molecular formula is C20H24N4O4. The van der Waals surface area contributed by atoms with Crippen LogP contribution in [-0.2, 0) is 4.74 Å². The lowest BCUT2D eigenvalue weighted by Crippen LogP contribution is -2.41. The van der Waals surface area contributed by atoms with Gasteiger partial charge in [0, 0.05) is 38.3 Å². The summed E-state index contributed by atoms with van der Waals surface area (Å²) in [5.74, 6) is 1.11. The molecule has 2 aliphatic heterocycles. The van der Waals surface area contributed by atoms with Crippen LogP contribution in [0.15, 0.2) is 28.8 Å². The Kier molecular flexibility index (Phi) is 5.38. The Morgan fingerprint density at radius 3 is 2.43 bits per heavy atom. The number of likely N-dealkylation sites (tertiary alicyclic amines) is 1. The molecule has 0 atom stereocenters. The molecule has 8 heteroatoms. The molecule has 0 saturated carbocycles. The molecule has 8 nitrogen and oxygen atoms in total. The highest BCUT2D eigenvalue weighted by atomic mass is 16.5.